The molecule has 0 spiro atoms. The summed E-state index contributed by atoms with van der Waals surface area (Å²) in [7, 11) is 1.50. The van der Waals surface area contributed by atoms with E-state index in [1.807, 2.05) is 0 Å². The van der Waals surface area contributed by atoms with Gasteiger partial charge in [0.1, 0.15) is 5.75 Å². The van der Waals surface area contributed by atoms with Gasteiger partial charge in [0.05, 0.1) is 22.7 Å². The number of hydrogen-bond donors (Lipinski definition) is 1. The van der Waals surface area contributed by atoms with Gasteiger partial charge in [-0.2, -0.15) is 0 Å². The number of ether oxygens (including phenoxy) is 1. The van der Waals surface area contributed by atoms with Crippen LogP contribution in [0.3, 0.4) is 0 Å². The SMILES string of the molecule is COc1ccc(Br)c(C(=O)Nc2cc(Cl)c(F)c(Cl)c2)c1. The molecule has 110 valence electrons. The average Bonchev–Trinajstić information content (AvgIpc) is 2.45. The number of carbonyl (C=O) groups excluding carboxylic acids is 1. The van der Waals surface area contributed by atoms with Crippen LogP contribution >= 0.6 is 39.1 Å². The number of benzene rings is 2. The second-order valence-corrected chi connectivity index (χ2v) is 5.72. The molecule has 7 heteroatoms. The van der Waals surface area contributed by atoms with E-state index in [2.05, 4.69) is 21.2 Å². The van der Waals surface area contributed by atoms with Crippen LogP contribution < -0.4 is 10.1 Å². The topological polar surface area (TPSA) is 38.3 Å². The first-order chi connectivity index (χ1) is 9.92. The maximum absolute atomic E-state index is 13.3. The van der Waals surface area contributed by atoms with Crippen LogP contribution in [-0.4, -0.2) is 13.0 Å². The summed E-state index contributed by atoms with van der Waals surface area (Å²) in [6, 6.07) is 7.56. The lowest BCUT2D eigenvalue weighted by Gasteiger charge is -2.10. The van der Waals surface area contributed by atoms with Gasteiger partial charge in [-0.15, -0.1) is 0 Å². The summed E-state index contributed by atoms with van der Waals surface area (Å²) in [6.45, 7) is 0. The Hall–Kier alpha value is -1.30. The molecule has 0 atom stereocenters. The van der Waals surface area contributed by atoms with Crippen molar-refractivity contribution in [1.82, 2.24) is 0 Å². The van der Waals surface area contributed by atoms with Gasteiger partial charge in [0, 0.05) is 10.2 Å². The fourth-order valence-corrected chi connectivity index (χ4v) is 2.55. The summed E-state index contributed by atoms with van der Waals surface area (Å²) in [4.78, 5) is 12.2. The zero-order valence-electron chi connectivity index (χ0n) is 10.7. The third-order valence-corrected chi connectivity index (χ3v) is 3.90. The smallest absolute Gasteiger partial charge is 0.256 e. The van der Waals surface area contributed by atoms with E-state index in [4.69, 9.17) is 27.9 Å². The van der Waals surface area contributed by atoms with Crippen LogP contribution in [0.15, 0.2) is 34.8 Å². The van der Waals surface area contributed by atoms with E-state index in [1.54, 1.807) is 18.2 Å². The summed E-state index contributed by atoms with van der Waals surface area (Å²) in [6.07, 6.45) is 0. The van der Waals surface area contributed by atoms with Crippen molar-refractivity contribution in [1.29, 1.82) is 0 Å². The Morgan fingerprint density at radius 2 is 1.86 bits per heavy atom. The maximum atomic E-state index is 13.3. The fraction of sp³-hybridized carbons (Fsp3) is 0.0714. The normalized spacial score (nSPS) is 10.3. The van der Waals surface area contributed by atoms with Crippen molar-refractivity contribution in [3.63, 3.8) is 0 Å². The highest BCUT2D eigenvalue weighted by molar-refractivity contribution is 9.10. The first-order valence-corrected chi connectivity index (χ1v) is 7.26. The quantitative estimate of drug-likeness (QED) is 0.733. The van der Waals surface area contributed by atoms with Gasteiger partial charge in [0.2, 0.25) is 0 Å². The van der Waals surface area contributed by atoms with Gasteiger partial charge in [-0.05, 0) is 46.3 Å². The minimum atomic E-state index is -0.723. The summed E-state index contributed by atoms with van der Waals surface area (Å²) >= 11 is 14.7. The van der Waals surface area contributed by atoms with Crippen molar-refractivity contribution >= 4 is 50.7 Å². The largest absolute Gasteiger partial charge is 0.497 e. The van der Waals surface area contributed by atoms with Crippen LogP contribution in [0, 0.1) is 5.82 Å². The minimum absolute atomic E-state index is 0.164. The zero-order valence-corrected chi connectivity index (χ0v) is 13.8. The molecule has 0 bridgehead atoms. The Labute approximate surface area is 139 Å². The molecule has 0 saturated heterocycles. The second-order valence-electron chi connectivity index (χ2n) is 4.05. The predicted molar refractivity (Wildman–Crippen MR) is 85.1 cm³/mol. The minimum Gasteiger partial charge on any atom is -0.497 e. The molecule has 0 aromatic heterocycles. The number of hydrogen-bond acceptors (Lipinski definition) is 2. The molecule has 0 unspecified atom stereocenters. The van der Waals surface area contributed by atoms with Crippen molar-refractivity contribution in [2.24, 2.45) is 0 Å². The molecule has 0 aliphatic heterocycles. The molecule has 0 aliphatic carbocycles. The lowest BCUT2D eigenvalue weighted by atomic mass is 10.2. The Kier molecular flexibility index (Phi) is 5.08. The highest BCUT2D eigenvalue weighted by Gasteiger charge is 2.14. The van der Waals surface area contributed by atoms with E-state index in [1.165, 1.54) is 19.2 Å². The summed E-state index contributed by atoms with van der Waals surface area (Å²) in [5.41, 5.74) is 0.664. The van der Waals surface area contributed by atoms with E-state index in [9.17, 15) is 9.18 Å². The summed E-state index contributed by atoms with van der Waals surface area (Å²) in [5, 5.41) is 2.27. The Balaban J connectivity index is 2.30. The van der Waals surface area contributed by atoms with Crippen LogP contribution in [0.5, 0.6) is 5.75 Å². The number of halogens is 4. The molecular formula is C14H9BrCl2FNO2. The molecule has 2 aromatic rings. The number of amides is 1. The number of rotatable bonds is 3. The highest BCUT2D eigenvalue weighted by Crippen LogP contribution is 2.28. The van der Waals surface area contributed by atoms with Gasteiger partial charge in [0.15, 0.2) is 5.82 Å². The second kappa shape index (κ2) is 6.64. The summed E-state index contributed by atoms with van der Waals surface area (Å²) in [5.74, 6) is -0.586. The molecule has 1 N–H and O–H groups in total. The molecule has 3 nitrogen and oxygen atoms in total. The van der Waals surface area contributed by atoms with Gasteiger partial charge < -0.3 is 10.1 Å². The van der Waals surface area contributed by atoms with E-state index < -0.39 is 11.7 Å². The van der Waals surface area contributed by atoms with Crippen LogP contribution in [0.1, 0.15) is 10.4 Å². The molecule has 1 amide bonds. The van der Waals surface area contributed by atoms with Crippen LogP contribution in [0.2, 0.25) is 10.0 Å². The van der Waals surface area contributed by atoms with E-state index in [0.717, 1.165) is 0 Å². The van der Waals surface area contributed by atoms with Gasteiger partial charge in [-0.3, -0.25) is 4.79 Å². The molecule has 0 radical (unpaired) electrons. The first kappa shape index (κ1) is 16.1. The maximum Gasteiger partial charge on any atom is 0.256 e. The van der Waals surface area contributed by atoms with Crippen molar-refractivity contribution in [3.8, 4) is 5.75 Å². The molecule has 0 heterocycles. The van der Waals surface area contributed by atoms with E-state index >= 15 is 0 Å². The Morgan fingerprint density at radius 1 is 1.24 bits per heavy atom. The molecule has 0 saturated carbocycles. The molecule has 2 rings (SSSR count). The average molecular weight is 393 g/mol. The molecule has 0 fully saturated rings. The van der Waals surface area contributed by atoms with Crippen LogP contribution in [-0.2, 0) is 0 Å². The lowest BCUT2D eigenvalue weighted by Crippen LogP contribution is -2.13. The van der Waals surface area contributed by atoms with Crippen LogP contribution in [0.4, 0.5) is 10.1 Å². The molecular weight excluding hydrogens is 384 g/mol. The molecule has 0 aliphatic rings. The third-order valence-electron chi connectivity index (χ3n) is 2.66. The Bertz CT molecular complexity index is 686. The first-order valence-electron chi connectivity index (χ1n) is 5.72. The van der Waals surface area contributed by atoms with Gasteiger partial charge in [-0.25, -0.2) is 4.39 Å². The lowest BCUT2D eigenvalue weighted by molar-refractivity contribution is 0.102. The fourth-order valence-electron chi connectivity index (χ4n) is 1.63. The van der Waals surface area contributed by atoms with Crippen molar-refractivity contribution in [2.45, 2.75) is 0 Å². The predicted octanol–water partition coefficient (Wildman–Crippen LogP) is 5.16. The van der Waals surface area contributed by atoms with Gasteiger partial charge >= 0.3 is 0 Å². The standard InChI is InChI=1S/C14H9BrCl2FNO2/c1-21-8-2-3-10(15)9(6-8)14(20)19-7-4-11(16)13(18)12(17)5-7/h2-6H,1H3,(H,19,20). The third kappa shape index (κ3) is 3.67. The highest BCUT2D eigenvalue weighted by atomic mass is 79.9. The monoisotopic (exact) mass is 391 g/mol. The Morgan fingerprint density at radius 3 is 2.43 bits per heavy atom. The van der Waals surface area contributed by atoms with Crippen molar-refractivity contribution in [3.05, 3.63) is 56.2 Å². The molecule has 2 aromatic carbocycles. The number of methoxy groups -OCH3 is 1. The summed E-state index contributed by atoms with van der Waals surface area (Å²) < 4.78 is 19.0. The van der Waals surface area contributed by atoms with E-state index in [0.29, 0.717) is 21.5 Å². The van der Waals surface area contributed by atoms with Crippen molar-refractivity contribution in [2.75, 3.05) is 12.4 Å². The number of anilines is 1. The number of carbonyl (C=O) groups is 1. The van der Waals surface area contributed by atoms with E-state index in [-0.39, 0.29) is 10.0 Å². The van der Waals surface area contributed by atoms with Crippen LogP contribution in [0.25, 0.3) is 0 Å². The number of nitrogens with one attached hydrogen (secondary N) is 1. The molecule has 21 heavy (non-hydrogen) atoms. The van der Waals surface area contributed by atoms with Gasteiger partial charge in [-0.1, -0.05) is 23.2 Å². The van der Waals surface area contributed by atoms with Gasteiger partial charge in [0.25, 0.3) is 5.91 Å². The zero-order chi connectivity index (χ0) is 15.6. The van der Waals surface area contributed by atoms with Crippen molar-refractivity contribution < 1.29 is 13.9 Å².